The van der Waals surface area contributed by atoms with Gasteiger partial charge < -0.3 is 5.32 Å². The Balaban J connectivity index is 1.95. The van der Waals surface area contributed by atoms with Crippen molar-refractivity contribution in [2.45, 2.75) is 31.1 Å². The molecular weight excluding hydrogens is 262 g/mol. The van der Waals surface area contributed by atoms with E-state index in [4.69, 9.17) is 11.6 Å². The van der Waals surface area contributed by atoms with Gasteiger partial charge >= 0.3 is 0 Å². The van der Waals surface area contributed by atoms with Gasteiger partial charge in [0, 0.05) is 39.8 Å². The second-order valence-electron chi connectivity index (χ2n) is 4.24. The first-order valence-electron chi connectivity index (χ1n) is 5.41. The van der Waals surface area contributed by atoms with Crippen molar-refractivity contribution in [1.82, 2.24) is 5.32 Å². The third kappa shape index (κ3) is 2.67. The number of thiophene rings is 1. The lowest BCUT2D eigenvalue weighted by molar-refractivity contribution is 0.529. The number of rotatable bonds is 4. The maximum Gasteiger partial charge on any atom is 0.0934 e. The summed E-state index contributed by atoms with van der Waals surface area (Å²) < 4.78 is 12.1. The topological polar surface area (TPSA) is 29.1 Å². The van der Waals surface area contributed by atoms with Gasteiger partial charge in [0.1, 0.15) is 0 Å². The van der Waals surface area contributed by atoms with E-state index >= 15 is 0 Å². The lowest BCUT2D eigenvalue weighted by Crippen LogP contribution is -2.29. The van der Waals surface area contributed by atoms with Crippen LogP contribution in [0.1, 0.15) is 29.8 Å². The molecule has 2 nitrogen and oxygen atoms in total. The molecule has 1 N–H and O–H groups in total. The standard InChI is InChI=1S/C11H16ClNOS2/c1-7(16(2)14)6-13-9-3-4-10-8(9)5-11(12)15-10/h5,7,9,13H,3-4,6H2,1-2H3. The molecule has 1 aromatic rings. The van der Waals surface area contributed by atoms with Gasteiger partial charge in [0.15, 0.2) is 0 Å². The summed E-state index contributed by atoms with van der Waals surface area (Å²) in [5.41, 5.74) is 1.35. The Hall–Kier alpha value is 0.1000. The molecule has 16 heavy (non-hydrogen) atoms. The Morgan fingerprint density at radius 2 is 2.50 bits per heavy atom. The zero-order chi connectivity index (χ0) is 11.7. The molecule has 0 saturated heterocycles. The monoisotopic (exact) mass is 277 g/mol. The summed E-state index contributed by atoms with van der Waals surface area (Å²) in [6.07, 6.45) is 4.02. The van der Waals surface area contributed by atoms with Crippen LogP contribution in [0.2, 0.25) is 4.34 Å². The van der Waals surface area contributed by atoms with Crippen molar-refractivity contribution in [2.75, 3.05) is 12.8 Å². The minimum Gasteiger partial charge on any atom is -0.309 e. The van der Waals surface area contributed by atoms with Crippen LogP contribution in [0.25, 0.3) is 0 Å². The van der Waals surface area contributed by atoms with E-state index in [0.717, 1.165) is 23.7 Å². The first-order valence-corrected chi connectivity index (χ1v) is 8.23. The van der Waals surface area contributed by atoms with Crippen molar-refractivity contribution in [1.29, 1.82) is 0 Å². The SMILES string of the molecule is CC(CNC1CCc2sc(Cl)cc21)S(C)=O. The van der Waals surface area contributed by atoms with Crippen LogP contribution < -0.4 is 5.32 Å². The Bertz CT molecular complexity index is 405. The number of aryl methyl sites for hydroxylation is 1. The number of hydrogen-bond donors (Lipinski definition) is 1. The maximum atomic E-state index is 11.3. The first kappa shape index (κ1) is 12.6. The average molecular weight is 278 g/mol. The van der Waals surface area contributed by atoms with Crippen molar-refractivity contribution in [2.24, 2.45) is 0 Å². The molecule has 0 amide bonds. The quantitative estimate of drug-likeness (QED) is 0.917. The van der Waals surface area contributed by atoms with E-state index in [1.807, 2.05) is 6.92 Å². The van der Waals surface area contributed by atoms with Gasteiger partial charge in [-0.15, -0.1) is 11.3 Å². The van der Waals surface area contributed by atoms with Crippen LogP contribution >= 0.6 is 22.9 Å². The summed E-state index contributed by atoms with van der Waals surface area (Å²) in [6, 6.07) is 2.48. The van der Waals surface area contributed by atoms with E-state index in [1.54, 1.807) is 17.6 Å². The molecule has 0 bridgehead atoms. The Morgan fingerprint density at radius 1 is 1.75 bits per heavy atom. The normalized spacial score (nSPS) is 23.1. The summed E-state index contributed by atoms with van der Waals surface area (Å²) in [4.78, 5) is 1.41. The van der Waals surface area contributed by atoms with Crippen LogP contribution in [0.5, 0.6) is 0 Å². The first-order chi connectivity index (χ1) is 7.58. The highest BCUT2D eigenvalue weighted by Crippen LogP contribution is 2.39. The number of hydrogen-bond acceptors (Lipinski definition) is 3. The third-order valence-corrected chi connectivity index (χ3v) is 5.71. The predicted octanol–water partition coefficient (Wildman–Crippen LogP) is 2.75. The Labute approximate surface area is 108 Å². The highest BCUT2D eigenvalue weighted by Gasteiger charge is 2.25. The third-order valence-electron chi connectivity index (χ3n) is 3.07. The summed E-state index contributed by atoms with van der Waals surface area (Å²) in [5, 5.41) is 3.69. The van der Waals surface area contributed by atoms with Gasteiger partial charge in [-0.2, -0.15) is 0 Å². The predicted molar refractivity (Wildman–Crippen MR) is 71.9 cm³/mol. The molecule has 0 aliphatic heterocycles. The van der Waals surface area contributed by atoms with Crippen molar-refractivity contribution < 1.29 is 4.21 Å². The van der Waals surface area contributed by atoms with Gasteiger partial charge in [-0.3, -0.25) is 4.21 Å². The molecule has 0 radical (unpaired) electrons. The van der Waals surface area contributed by atoms with Crippen molar-refractivity contribution in [3.05, 3.63) is 20.8 Å². The lowest BCUT2D eigenvalue weighted by atomic mass is 10.2. The van der Waals surface area contributed by atoms with Crippen LogP contribution in [0, 0.1) is 0 Å². The fourth-order valence-corrected chi connectivity index (χ4v) is 3.66. The number of halogens is 1. The van der Waals surface area contributed by atoms with Crippen molar-refractivity contribution in [3.63, 3.8) is 0 Å². The smallest absolute Gasteiger partial charge is 0.0934 e. The summed E-state index contributed by atoms with van der Waals surface area (Å²) >= 11 is 7.69. The van der Waals surface area contributed by atoms with Gasteiger partial charge in [-0.05, 0) is 31.4 Å². The molecular formula is C11H16ClNOS2. The van der Waals surface area contributed by atoms with Crippen LogP contribution in [0.15, 0.2) is 6.07 Å². The van der Waals surface area contributed by atoms with Crippen molar-refractivity contribution in [3.8, 4) is 0 Å². The molecule has 1 heterocycles. The van der Waals surface area contributed by atoms with Gasteiger partial charge in [0.05, 0.1) is 4.34 Å². The van der Waals surface area contributed by atoms with E-state index in [9.17, 15) is 4.21 Å². The molecule has 0 aromatic carbocycles. The number of nitrogens with one attached hydrogen (secondary N) is 1. The fraction of sp³-hybridized carbons (Fsp3) is 0.636. The lowest BCUT2D eigenvalue weighted by Gasteiger charge is -2.15. The molecule has 0 saturated carbocycles. The zero-order valence-corrected chi connectivity index (χ0v) is 11.8. The van der Waals surface area contributed by atoms with E-state index in [-0.39, 0.29) is 5.25 Å². The molecule has 5 heteroatoms. The van der Waals surface area contributed by atoms with Crippen LogP contribution in [0.3, 0.4) is 0 Å². The second-order valence-corrected chi connectivity index (χ2v) is 7.81. The zero-order valence-electron chi connectivity index (χ0n) is 9.46. The second kappa shape index (κ2) is 5.17. The van der Waals surface area contributed by atoms with Gasteiger partial charge in [-0.25, -0.2) is 0 Å². The summed E-state index contributed by atoms with van der Waals surface area (Å²) in [6.45, 7) is 2.82. The molecule has 3 atom stereocenters. The molecule has 1 aliphatic rings. The van der Waals surface area contributed by atoms with Crippen LogP contribution in [-0.4, -0.2) is 22.3 Å². The number of fused-ring (bicyclic) bond motifs is 1. The Kier molecular flexibility index (Phi) is 4.06. The van der Waals surface area contributed by atoms with Crippen molar-refractivity contribution >= 4 is 33.7 Å². The Morgan fingerprint density at radius 3 is 3.19 bits per heavy atom. The summed E-state index contributed by atoms with van der Waals surface area (Å²) in [5.74, 6) is 0. The molecule has 0 fully saturated rings. The van der Waals surface area contributed by atoms with Gasteiger partial charge in [0.2, 0.25) is 0 Å². The molecule has 90 valence electrons. The van der Waals surface area contributed by atoms with E-state index in [1.165, 1.54) is 10.4 Å². The highest BCUT2D eigenvalue weighted by molar-refractivity contribution is 7.84. The fourth-order valence-electron chi connectivity index (χ4n) is 1.97. The average Bonchev–Trinajstić information content (AvgIpc) is 2.73. The minimum absolute atomic E-state index is 0.207. The molecule has 2 rings (SSSR count). The van der Waals surface area contributed by atoms with E-state index in [2.05, 4.69) is 11.4 Å². The molecule has 1 aliphatic carbocycles. The van der Waals surface area contributed by atoms with E-state index in [0.29, 0.717) is 6.04 Å². The maximum absolute atomic E-state index is 11.3. The van der Waals surface area contributed by atoms with Crippen LogP contribution in [-0.2, 0) is 17.2 Å². The van der Waals surface area contributed by atoms with Crippen LogP contribution in [0.4, 0.5) is 0 Å². The highest BCUT2D eigenvalue weighted by atomic mass is 35.5. The molecule has 3 unspecified atom stereocenters. The molecule has 0 spiro atoms. The molecule has 1 aromatic heterocycles. The van der Waals surface area contributed by atoms with Gasteiger partial charge in [-0.1, -0.05) is 11.6 Å². The van der Waals surface area contributed by atoms with E-state index < -0.39 is 10.8 Å². The summed E-state index contributed by atoms with van der Waals surface area (Å²) in [7, 11) is -0.749. The minimum atomic E-state index is -0.749. The van der Waals surface area contributed by atoms with Gasteiger partial charge in [0.25, 0.3) is 0 Å². The largest absolute Gasteiger partial charge is 0.309 e.